The molecule has 202 valence electrons. The molecular formula is C21H27N5O11. The zero-order chi connectivity index (χ0) is 27.6. The number of hydrogen-bond donors (Lipinski definition) is 9. The Morgan fingerprint density at radius 1 is 1.27 bits per heavy atom. The topological polar surface area (TPSA) is 271 Å². The monoisotopic (exact) mass is 525 g/mol. The molecule has 1 saturated heterocycles. The largest absolute Gasteiger partial charge is 0.506 e. The summed E-state index contributed by atoms with van der Waals surface area (Å²) in [5, 5.41) is 61.8. The lowest BCUT2D eigenvalue weighted by molar-refractivity contribution is -0.149. The summed E-state index contributed by atoms with van der Waals surface area (Å²) in [4.78, 5) is 54.4. The lowest BCUT2D eigenvalue weighted by atomic mass is 9.92. The van der Waals surface area contributed by atoms with E-state index in [0.717, 1.165) is 12.4 Å². The van der Waals surface area contributed by atoms with E-state index in [1.807, 2.05) is 4.98 Å². The first-order valence-corrected chi connectivity index (χ1v) is 11.0. The molecule has 2 aromatic rings. The average Bonchev–Trinajstić information content (AvgIpc) is 3.15. The van der Waals surface area contributed by atoms with Crippen molar-refractivity contribution < 1.29 is 45.0 Å². The van der Waals surface area contributed by atoms with Crippen molar-refractivity contribution >= 4 is 11.9 Å². The van der Waals surface area contributed by atoms with Gasteiger partial charge in [0.15, 0.2) is 12.3 Å². The maximum Gasteiger partial charge on any atom is 0.330 e. The number of aliphatic carboxylic acids is 1. The standard InChI is InChI=1S/C21H27N5O11/c1-7(13(29)10-3-2-9(28)4-23-10)11(22)18(33)24-12(20(34)35)16-14(30)15(31)19(37-16)26-5-8(6-27)17(32)25-21(26)36/h2-5,7,11-16,19,27-31H,6,22H2,1H3,(H,24,33)(H,34,35)(H,25,32,36)/t7-,11-,12-,13-,14-,15+,16+,19+/m0/s1. The number of H-pyrrole nitrogens is 1. The number of amides is 1. The van der Waals surface area contributed by atoms with E-state index in [4.69, 9.17) is 10.5 Å². The number of carboxylic acid groups (broad SMARTS) is 1. The summed E-state index contributed by atoms with van der Waals surface area (Å²) in [6, 6.07) is -0.852. The lowest BCUT2D eigenvalue weighted by Gasteiger charge is -2.28. The van der Waals surface area contributed by atoms with Crippen LogP contribution in [0.2, 0.25) is 0 Å². The van der Waals surface area contributed by atoms with Crippen molar-refractivity contribution in [2.45, 2.75) is 56.3 Å². The van der Waals surface area contributed by atoms with E-state index >= 15 is 0 Å². The molecule has 0 bridgehead atoms. The van der Waals surface area contributed by atoms with Crippen LogP contribution in [0.1, 0.15) is 30.5 Å². The Balaban J connectivity index is 1.79. The second-order valence-corrected chi connectivity index (χ2v) is 8.55. The highest BCUT2D eigenvalue weighted by Crippen LogP contribution is 2.31. The number of nitrogens with one attached hydrogen (secondary N) is 2. The van der Waals surface area contributed by atoms with Crippen molar-refractivity contribution in [2.75, 3.05) is 0 Å². The molecule has 1 aliphatic rings. The molecule has 0 aliphatic carbocycles. The summed E-state index contributed by atoms with van der Waals surface area (Å²) >= 11 is 0. The van der Waals surface area contributed by atoms with Crippen LogP contribution >= 0.6 is 0 Å². The number of aliphatic hydroxyl groups is 4. The normalized spacial score (nSPS) is 24.7. The van der Waals surface area contributed by atoms with Gasteiger partial charge >= 0.3 is 11.7 Å². The van der Waals surface area contributed by atoms with Crippen LogP contribution in [-0.2, 0) is 20.9 Å². The Kier molecular flexibility index (Phi) is 8.42. The van der Waals surface area contributed by atoms with E-state index in [2.05, 4.69) is 10.3 Å². The first-order valence-electron chi connectivity index (χ1n) is 11.0. The van der Waals surface area contributed by atoms with Gasteiger partial charge in [-0.15, -0.1) is 0 Å². The molecule has 3 rings (SSSR count). The van der Waals surface area contributed by atoms with Gasteiger partial charge in [-0.05, 0) is 12.1 Å². The van der Waals surface area contributed by atoms with Gasteiger partial charge in [-0.1, -0.05) is 6.92 Å². The molecule has 16 heteroatoms. The van der Waals surface area contributed by atoms with Gasteiger partial charge in [0.05, 0.1) is 30.1 Å². The zero-order valence-corrected chi connectivity index (χ0v) is 19.3. The summed E-state index contributed by atoms with van der Waals surface area (Å²) < 4.78 is 6.09. The minimum Gasteiger partial charge on any atom is -0.506 e. The van der Waals surface area contributed by atoms with Crippen LogP contribution in [-0.4, -0.2) is 87.4 Å². The predicted molar refractivity (Wildman–Crippen MR) is 121 cm³/mol. The van der Waals surface area contributed by atoms with E-state index in [1.54, 1.807) is 0 Å². The molecule has 1 aliphatic heterocycles. The van der Waals surface area contributed by atoms with Gasteiger partial charge < -0.3 is 46.4 Å². The number of aromatic hydroxyl groups is 1. The molecule has 1 amide bonds. The van der Waals surface area contributed by atoms with Crippen LogP contribution in [0.15, 0.2) is 34.1 Å². The number of carboxylic acids is 1. The number of hydrogen-bond acceptors (Lipinski definition) is 12. The summed E-state index contributed by atoms with van der Waals surface area (Å²) in [7, 11) is 0. The fourth-order valence-electron chi connectivity index (χ4n) is 3.83. The van der Waals surface area contributed by atoms with Gasteiger partial charge in [-0.2, -0.15) is 0 Å². The summed E-state index contributed by atoms with van der Waals surface area (Å²) in [6.07, 6.45) is -6.63. The SMILES string of the molecule is C[C@@H]([C@H](N)C(=O)N[C@H](C(=O)O)[C@H]1O[C@@H](n2cc(CO)c(=O)[nH]c2=O)[C@H](O)[C@@H]1O)[C@H](O)c1ccc(O)cn1. The quantitative estimate of drug-likeness (QED) is 0.151. The molecule has 0 unspecified atom stereocenters. The van der Waals surface area contributed by atoms with Crippen LogP contribution in [0.3, 0.4) is 0 Å². The van der Waals surface area contributed by atoms with Crippen molar-refractivity contribution in [1.29, 1.82) is 0 Å². The molecule has 16 nitrogen and oxygen atoms in total. The molecule has 37 heavy (non-hydrogen) atoms. The molecule has 10 N–H and O–H groups in total. The third-order valence-corrected chi connectivity index (χ3v) is 6.09. The van der Waals surface area contributed by atoms with Crippen LogP contribution in [0.25, 0.3) is 0 Å². The number of aliphatic hydroxyl groups excluding tert-OH is 4. The molecule has 0 radical (unpaired) electrons. The zero-order valence-electron chi connectivity index (χ0n) is 19.3. The number of ether oxygens (including phenoxy) is 1. The summed E-state index contributed by atoms with van der Waals surface area (Å²) in [5.74, 6) is -3.86. The van der Waals surface area contributed by atoms with Gasteiger partial charge in [0.25, 0.3) is 5.56 Å². The second-order valence-electron chi connectivity index (χ2n) is 8.55. The lowest BCUT2D eigenvalue weighted by Crippen LogP contribution is -2.57. The van der Waals surface area contributed by atoms with Gasteiger partial charge in [-0.25, -0.2) is 9.59 Å². The van der Waals surface area contributed by atoms with Crippen molar-refractivity contribution in [3.63, 3.8) is 0 Å². The fraction of sp³-hybridized carbons (Fsp3) is 0.476. The highest BCUT2D eigenvalue weighted by molar-refractivity contribution is 5.87. The minimum absolute atomic E-state index is 0.0949. The third kappa shape index (κ3) is 5.68. The predicted octanol–water partition coefficient (Wildman–Crippen LogP) is -3.98. The van der Waals surface area contributed by atoms with E-state index in [1.165, 1.54) is 19.1 Å². The number of nitrogens with zero attached hydrogens (tertiary/aromatic N) is 2. The Morgan fingerprint density at radius 3 is 2.51 bits per heavy atom. The second kappa shape index (κ2) is 11.2. The maximum absolute atomic E-state index is 12.8. The highest BCUT2D eigenvalue weighted by atomic mass is 16.6. The van der Waals surface area contributed by atoms with E-state index in [-0.39, 0.29) is 17.0 Å². The van der Waals surface area contributed by atoms with E-state index in [9.17, 15) is 49.8 Å². The fourth-order valence-corrected chi connectivity index (χ4v) is 3.83. The number of pyridine rings is 1. The van der Waals surface area contributed by atoms with Crippen LogP contribution in [0, 0.1) is 5.92 Å². The molecule has 1 fully saturated rings. The van der Waals surface area contributed by atoms with Gasteiger partial charge in [0.1, 0.15) is 30.2 Å². The first kappa shape index (κ1) is 27.9. The summed E-state index contributed by atoms with van der Waals surface area (Å²) in [6.45, 7) is 0.640. The van der Waals surface area contributed by atoms with Crippen LogP contribution in [0.5, 0.6) is 5.75 Å². The molecule has 2 aromatic heterocycles. The molecule has 0 spiro atoms. The van der Waals surface area contributed by atoms with Crippen molar-refractivity contribution in [2.24, 2.45) is 11.7 Å². The minimum atomic E-state index is -1.96. The first-order chi connectivity index (χ1) is 17.4. The van der Waals surface area contributed by atoms with Gasteiger partial charge in [0, 0.05) is 12.1 Å². The number of carbonyl (C=O) groups is 2. The number of carbonyl (C=O) groups excluding carboxylic acids is 1. The smallest absolute Gasteiger partial charge is 0.330 e. The molecule has 3 heterocycles. The molecule has 0 aromatic carbocycles. The van der Waals surface area contributed by atoms with Crippen molar-refractivity contribution in [1.82, 2.24) is 19.9 Å². The van der Waals surface area contributed by atoms with Gasteiger partial charge in [-0.3, -0.25) is 24.1 Å². The molecular weight excluding hydrogens is 498 g/mol. The highest BCUT2D eigenvalue weighted by Gasteiger charge is 2.50. The molecule has 0 saturated carbocycles. The van der Waals surface area contributed by atoms with Gasteiger partial charge in [0.2, 0.25) is 5.91 Å². The van der Waals surface area contributed by atoms with E-state index in [0.29, 0.717) is 4.57 Å². The Labute approximate surface area is 207 Å². The number of rotatable bonds is 9. The van der Waals surface area contributed by atoms with Crippen LogP contribution in [0.4, 0.5) is 0 Å². The number of nitrogens with two attached hydrogens (primary N) is 1. The maximum atomic E-state index is 12.8. The Bertz CT molecular complexity index is 1250. The number of aromatic amines is 1. The summed E-state index contributed by atoms with van der Waals surface area (Å²) in [5.41, 5.74) is 3.79. The van der Waals surface area contributed by atoms with Crippen molar-refractivity contribution in [3.8, 4) is 5.75 Å². The Morgan fingerprint density at radius 2 is 1.95 bits per heavy atom. The molecule has 8 atom stereocenters. The van der Waals surface area contributed by atoms with E-state index < -0.39 is 78.4 Å². The van der Waals surface area contributed by atoms with Crippen LogP contribution < -0.4 is 22.3 Å². The average molecular weight is 525 g/mol. The third-order valence-electron chi connectivity index (χ3n) is 6.09. The van der Waals surface area contributed by atoms with Crippen molar-refractivity contribution in [3.05, 3.63) is 56.6 Å². The number of aromatic nitrogens is 3. The Hall–Kier alpha value is -3.67.